The van der Waals surface area contributed by atoms with Gasteiger partial charge in [0.15, 0.2) is 0 Å². The number of carbonyl (C=O) groups is 3. The van der Waals surface area contributed by atoms with Gasteiger partial charge in [0, 0.05) is 54.7 Å². The number of rotatable bonds is 12. The predicted octanol–water partition coefficient (Wildman–Crippen LogP) is 6.18. The number of esters is 1. The van der Waals surface area contributed by atoms with Crippen LogP contribution in [0.2, 0.25) is 5.02 Å². The molecule has 0 spiro atoms. The van der Waals surface area contributed by atoms with Crippen LogP contribution in [0.25, 0.3) is 0 Å². The molecule has 3 rings (SSSR count). The van der Waals surface area contributed by atoms with Gasteiger partial charge in [0.2, 0.25) is 11.8 Å². The number of para-hydroxylation sites is 1. The second-order valence-corrected chi connectivity index (χ2v) is 13.1. The fraction of sp³-hybridized carbons (Fsp3) is 0.559. The molecule has 10 heteroatoms. The Bertz CT molecular complexity index is 1310. The molecule has 1 heterocycles. The van der Waals surface area contributed by atoms with E-state index in [4.69, 9.17) is 25.8 Å². The number of halogens is 1. The Morgan fingerprint density at radius 2 is 1.80 bits per heavy atom. The number of ether oxygens (including phenoxy) is 3. The van der Waals surface area contributed by atoms with Gasteiger partial charge in [-0.1, -0.05) is 50.6 Å². The van der Waals surface area contributed by atoms with E-state index >= 15 is 0 Å². The van der Waals surface area contributed by atoms with Crippen LogP contribution in [0.4, 0.5) is 5.69 Å². The summed E-state index contributed by atoms with van der Waals surface area (Å²) in [5, 5.41) is 12.1. The number of likely N-dealkylation sites (tertiary alicyclic amines) is 1. The average Bonchev–Trinajstić information content (AvgIpc) is 2.97. The monoisotopic (exact) mass is 630 g/mol. The van der Waals surface area contributed by atoms with Gasteiger partial charge in [0.05, 0.1) is 31.4 Å². The van der Waals surface area contributed by atoms with Crippen LogP contribution in [-0.4, -0.2) is 67.2 Å². The molecule has 1 saturated heterocycles. The molecule has 1 N–H and O–H groups in total. The standard InChI is InChI=1S/C34H47ClN2O7/c1-8-43-33(41)23-12-11-17-36(20-23)29(38)15-16-30(39)37(21-34(4,5)6)31-26(18-24(35)19-28(31)44-22(2)3)32(40)25-13-9-10-14-27(25)42-7/h9-10,13-14,18-19,22-23,32,40H,8,11-12,15-17,20-21H2,1-7H3/t23-,32+/m0/s1. The number of aliphatic hydroxyl groups excluding tert-OH is 1. The molecular formula is C34H47ClN2O7. The van der Waals surface area contributed by atoms with Gasteiger partial charge in [-0.25, -0.2) is 0 Å². The summed E-state index contributed by atoms with van der Waals surface area (Å²) in [6, 6.07) is 10.4. The summed E-state index contributed by atoms with van der Waals surface area (Å²) in [6.45, 7) is 12.9. The number of amides is 2. The Morgan fingerprint density at radius 3 is 2.43 bits per heavy atom. The van der Waals surface area contributed by atoms with E-state index in [0.29, 0.717) is 59.3 Å². The van der Waals surface area contributed by atoms with E-state index in [2.05, 4.69) is 0 Å². The molecule has 1 aliphatic rings. The van der Waals surface area contributed by atoms with Gasteiger partial charge < -0.3 is 29.1 Å². The highest BCUT2D eigenvalue weighted by molar-refractivity contribution is 6.31. The smallest absolute Gasteiger partial charge is 0.310 e. The zero-order valence-corrected chi connectivity index (χ0v) is 27.8. The van der Waals surface area contributed by atoms with Crippen LogP contribution in [0.3, 0.4) is 0 Å². The van der Waals surface area contributed by atoms with Crippen LogP contribution in [0.1, 0.15) is 84.5 Å². The second-order valence-electron chi connectivity index (χ2n) is 12.6. The Kier molecular flexibility index (Phi) is 12.5. The van der Waals surface area contributed by atoms with Crippen molar-refractivity contribution < 1.29 is 33.7 Å². The number of carbonyl (C=O) groups excluding carboxylic acids is 3. The first-order valence-corrected chi connectivity index (χ1v) is 15.7. The first-order chi connectivity index (χ1) is 20.7. The highest BCUT2D eigenvalue weighted by atomic mass is 35.5. The summed E-state index contributed by atoms with van der Waals surface area (Å²) in [4.78, 5) is 42.9. The third-order valence-corrected chi connectivity index (χ3v) is 7.53. The van der Waals surface area contributed by atoms with Crippen LogP contribution >= 0.6 is 11.6 Å². The minimum atomic E-state index is -1.19. The number of hydrogen-bond donors (Lipinski definition) is 1. The van der Waals surface area contributed by atoms with Gasteiger partial charge >= 0.3 is 5.97 Å². The Balaban J connectivity index is 1.99. The highest BCUT2D eigenvalue weighted by Crippen LogP contribution is 2.44. The molecule has 2 aromatic carbocycles. The highest BCUT2D eigenvalue weighted by Gasteiger charge is 2.33. The maximum atomic E-state index is 14.1. The fourth-order valence-corrected chi connectivity index (χ4v) is 5.64. The van der Waals surface area contributed by atoms with Crippen molar-refractivity contribution in [3.05, 3.63) is 52.5 Å². The van der Waals surface area contributed by atoms with Gasteiger partial charge in [0.25, 0.3) is 0 Å². The molecule has 0 aliphatic carbocycles. The van der Waals surface area contributed by atoms with Gasteiger partial charge in [-0.15, -0.1) is 0 Å². The molecular weight excluding hydrogens is 584 g/mol. The summed E-state index contributed by atoms with van der Waals surface area (Å²) >= 11 is 6.56. The largest absolute Gasteiger partial charge is 0.496 e. The number of hydrogen-bond acceptors (Lipinski definition) is 7. The van der Waals surface area contributed by atoms with Crippen molar-refractivity contribution in [2.75, 3.05) is 38.3 Å². The molecule has 2 aromatic rings. The third kappa shape index (κ3) is 9.35. The summed E-state index contributed by atoms with van der Waals surface area (Å²) in [6.07, 6.45) is -0.156. The number of benzene rings is 2. The molecule has 1 fully saturated rings. The lowest BCUT2D eigenvalue weighted by atomic mass is 9.93. The minimum absolute atomic E-state index is 0.0205. The van der Waals surface area contributed by atoms with E-state index in [1.807, 2.05) is 40.7 Å². The summed E-state index contributed by atoms with van der Waals surface area (Å²) in [7, 11) is 1.53. The van der Waals surface area contributed by atoms with Crippen molar-refractivity contribution in [1.29, 1.82) is 0 Å². The average molecular weight is 631 g/mol. The zero-order chi connectivity index (χ0) is 32.6. The van der Waals surface area contributed by atoms with Crippen molar-refractivity contribution >= 4 is 35.1 Å². The molecule has 0 bridgehead atoms. The maximum Gasteiger partial charge on any atom is 0.310 e. The number of aliphatic hydroxyl groups is 1. The van der Waals surface area contributed by atoms with Crippen LogP contribution < -0.4 is 14.4 Å². The molecule has 0 aromatic heterocycles. The van der Waals surface area contributed by atoms with Crippen LogP contribution in [0.15, 0.2) is 36.4 Å². The van der Waals surface area contributed by atoms with Crippen LogP contribution in [0, 0.1) is 11.3 Å². The minimum Gasteiger partial charge on any atom is -0.496 e. The normalized spacial score (nSPS) is 16.0. The van der Waals surface area contributed by atoms with Gasteiger partial charge in [0.1, 0.15) is 17.6 Å². The Labute approximate surface area is 266 Å². The number of anilines is 1. The van der Waals surface area contributed by atoms with Crippen molar-refractivity contribution in [2.45, 2.75) is 79.4 Å². The SMILES string of the molecule is CCOC(=O)[C@H]1CCCN(C(=O)CCC(=O)N(CC(C)(C)C)c2c(OC(C)C)cc(Cl)cc2[C@H](O)c2ccccc2OC)C1. The second kappa shape index (κ2) is 15.6. The fourth-order valence-electron chi connectivity index (χ4n) is 5.42. The van der Waals surface area contributed by atoms with Crippen molar-refractivity contribution in [3.63, 3.8) is 0 Å². The molecule has 44 heavy (non-hydrogen) atoms. The van der Waals surface area contributed by atoms with Gasteiger partial charge in [-0.2, -0.15) is 0 Å². The van der Waals surface area contributed by atoms with E-state index in [-0.39, 0.29) is 61.2 Å². The molecule has 0 unspecified atom stereocenters. The summed E-state index contributed by atoms with van der Waals surface area (Å²) < 4.78 is 16.9. The Hall–Kier alpha value is -3.30. The molecule has 242 valence electrons. The van der Waals surface area contributed by atoms with Crippen molar-refractivity contribution in [2.24, 2.45) is 11.3 Å². The number of methoxy groups -OCH3 is 1. The molecule has 0 radical (unpaired) electrons. The van der Waals surface area contributed by atoms with Crippen LogP contribution in [0.5, 0.6) is 11.5 Å². The maximum absolute atomic E-state index is 14.1. The van der Waals surface area contributed by atoms with E-state index in [1.54, 1.807) is 47.1 Å². The molecule has 2 amide bonds. The zero-order valence-electron chi connectivity index (χ0n) is 27.0. The topological polar surface area (TPSA) is 106 Å². The van der Waals surface area contributed by atoms with Crippen molar-refractivity contribution in [1.82, 2.24) is 4.90 Å². The predicted molar refractivity (Wildman–Crippen MR) is 171 cm³/mol. The molecule has 0 saturated carbocycles. The third-order valence-electron chi connectivity index (χ3n) is 7.31. The van der Waals surface area contributed by atoms with Crippen molar-refractivity contribution in [3.8, 4) is 11.5 Å². The van der Waals surface area contributed by atoms with E-state index in [1.165, 1.54) is 7.11 Å². The molecule has 9 nitrogen and oxygen atoms in total. The van der Waals surface area contributed by atoms with E-state index in [0.717, 1.165) is 0 Å². The number of piperidine rings is 1. The Morgan fingerprint density at radius 1 is 1.09 bits per heavy atom. The first-order valence-electron chi connectivity index (χ1n) is 15.3. The lowest BCUT2D eigenvalue weighted by molar-refractivity contribution is -0.151. The van der Waals surface area contributed by atoms with Gasteiger partial charge in [-0.3, -0.25) is 14.4 Å². The summed E-state index contributed by atoms with van der Waals surface area (Å²) in [5.74, 6) is -0.292. The quantitative estimate of drug-likeness (QED) is 0.279. The molecule has 1 aliphatic heterocycles. The number of nitrogens with zero attached hydrogens (tertiary/aromatic N) is 2. The lowest BCUT2D eigenvalue weighted by Gasteiger charge is -2.35. The van der Waals surface area contributed by atoms with Crippen LogP contribution in [-0.2, 0) is 19.1 Å². The lowest BCUT2D eigenvalue weighted by Crippen LogP contribution is -2.43. The molecule has 2 atom stereocenters. The van der Waals surface area contributed by atoms with E-state index < -0.39 is 6.10 Å². The van der Waals surface area contributed by atoms with E-state index in [9.17, 15) is 19.5 Å². The summed E-state index contributed by atoms with van der Waals surface area (Å²) in [5.41, 5.74) is 0.943. The van der Waals surface area contributed by atoms with Gasteiger partial charge in [-0.05, 0) is 51.2 Å². The first kappa shape index (κ1) is 35.2.